The van der Waals surface area contributed by atoms with Crippen molar-refractivity contribution in [2.45, 2.75) is 51.4 Å². The van der Waals surface area contributed by atoms with Crippen LogP contribution in [-0.4, -0.2) is 47.5 Å². The van der Waals surface area contributed by atoms with Gasteiger partial charge in [0.05, 0.1) is 6.54 Å². The normalized spacial score (nSPS) is 28.8. The van der Waals surface area contributed by atoms with Gasteiger partial charge in [-0.25, -0.2) is 0 Å². The minimum atomic E-state index is 0.567. The number of amidine groups is 1. The largest absolute Gasteiger partial charge is 0.362 e. The Hall–Kier alpha value is -0.220. The van der Waals surface area contributed by atoms with Gasteiger partial charge in [0.1, 0.15) is 0 Å². The Balaban J connectivity index is 2.33. The van der Waals surface area contributed by atoms with Crippen LogP contribution in [0, 0.1) is 0 Å². The van der Waals surface area contributed by atoms with Gasteiger partial charge < -0.3 is 10.2 Å². The van der Waals surface area contributed by atoms with Gasteiger partial charge in [-0.15, -0.1) is 0 Å². The molecule has 1 saturated heterocycles. The highest BCUT2D eigenvalue weighted by Crippen LogP contribution is 2.21. The SMILES string of the molecule is CC1CC(C)SC(=NCCN(C)C(C)C)N1. The molecule has 0 radical (unpaired) electrons. The third-order valence-electron chi connectivity index (χ3n) is 2.96. The Morgan fingerprint density at radius 1 is 1.50 bits per heavy atom. The highest BCUT2D eigenvalue weighted by Gasteiger charge is 2.19. The summed E-state index contributed by atoms with van der Waals surface area (Å²) in [5.41, 5.74) is 0. The molecule has 0 spiro atoms. The van der Waals surface area contributed by atoms with Crippen LogP contribution in [0.2, 0.25) is 0 Å². The molecule has 1 fully saturated rings. The molecule has 2 atom stereocenters. The van der Waals surface area contributed by atoms with Gasteiger partial charge in [-0.1, -0.05) is 18.7 Å². The Labute approximate surface area is 104 Å². The Bertz CT molecular complexity index is 228. The van der Waals surface area contributed by atoms with E-state index < -0.39 is 0 Å². The Kier molecular flexibility index (Phi) is 5.62. The summed E-state index contributed by atoms with van der Waals surface area (Å²) in [5.74, 6) is 0. The maximum absolute atomic E-state index is 4.63. The average Bonchev–Trinajstić information content (AvgIpc) is 2.15. The zero-order valence-corrected chi connectivity index (χ0v) is 12.0. The molecule has 3 nitrogen and oxygen atoms in total. The summed E-state index contributed by atoms with van der Waals surface area (Å²) in [6.07, 6.45) is 1.23. The molecule has 0 aromatic rings. The first-order valence-electron chi connectivity index (χ1n) is 6.17. The van der Waals surface area contributed by atoms with Crippen LogP contribution in [0.5, 0.6) is 0 Å². The first-order valence-corrected chi connectivity index (χ1v) is 7.05. The zero-order valence-electron chi connectivity index (χ0n) is 11.2. The lowest BCUT2D eigenvalue weighted by molar-refractivity contribution is 0.282. The fourth-order valence-electron chi connectivity index (χ4n) is 1.69. The van der Waals surface area contributed by atoms with Crippen molar-refractivity contribution in [1.29, 1.82) is 0 Å². The number of nitrogens with one attached hydrogen (secondary N) is 1. The molecule has 0 amide bonds. The summed E-state index contributed by atoms with van der Waals surface area (Å²) in [4.78, 5) is 6.96. The summed E-state index contributed by atoms with van der Waals surface area (Å²) in [6, 6.07) is 1.17. The molecule has 0 aromatic carbocycles. The third kappa shape index (κ3) is 4.74. The number of hydrogen-bond donors (Lipinski definition) is 1. The predicted molar refractivity (Wildman–Crippen MR) is 74.3 cm³/mol. The molecule has 0 bridgehead atoms. The number of nitrogens with zero attached hydrogens (tertiary/aromatic N) is 2. The van der Waals surface area contributed by atoms with Crippen molar-refractivity contribution in [3.63, 3.8) is 0 Å². The molecule has 1 rings (SSSR count). The Morgan fingerprint density at radius 3 is 2.75 bits per heavy atom. The van der Waals surface area contributed by atoms with Crippen LogP contribution in [-0.2, 0) is 0 Å². The third-order valence-corrected chi connectivity index (χ3v) is 4.02. The van der Waals surface area contributed by atoms with E-state index in [0.29, 0.717) is 17.3 Å². The highest BCUT2D eigenvalue weighted by atomic mass is 32.2. The minimum Gasteiger partial charge on any atom is -0.362 e. The lowest BCUT2D eigenvalue weighted by Gasteiger charge is -2.27. The fourth-order valence-corrected chi connectivity index (χ4v) is 2.89. The summed E-state index contributed by atoms with van der Waals surface area (Å²) in [7, 11) is 2.15. The van der Waals surface area contributed by atoms with Crippen molar-refractivity contribution in [2.24, 2.45) is 4.99 Å². The van der Waals surface area contributed by atoms with E-state index in [9.17, 15) is 0 Å². The van der Waals surface area contributed by atoms with E-state index in [1.807, 2.05) is 11.8 Å². The van der Waals surface area contributed by atoms with E-state index in [4.69, 9.17) is 0 Å². The molecule has 1 aliphatic rings. The van der Waals surface area contributed by atoms with E-state index in [-0.39, 0.29) is 0 Å². The van der Waals surface area contributed by atoms with Crippen molar-refractivity contribution in [1.82, 2.24) is 10.2 Å². The van der Waals surface area contributed by atoms with Crippen molar-refractivity contribution >= 4 is 16.9 Å². The molecule has 16 heavy (non-hydrogen) atoms. The first kappa shape index (κ1) is 13.8. The van der Waals surface area contributed by atoms with Crippen molar-refractivity contribution < 1.29 is 0 Å². The van der Waals surface area contributed by atoms with Crippen molar-refractivity contribution in [2.75, 3.05) is 20.1 Å². The van der Waals surface area contributed by atoms with Crippen molar-refractivity contribution in [3.8, 4) is 0 Å². The molecule has 0 aliphatic carbocycles. The molecule has 2 unspecified atom stereocenters. The van der Waals surface area contributed by atoms with Gasteiger partial charge in [0.25, 0.3) is 0 Å². The van der Waals surface area contributed by atoms with Crippen LogP contribution < -0.4 is 5.32 Å². The molecule has 94 valence electrons. The monoisotopic (exact) mass is 243 g/mol. The molecular formula is C12H25N3S. The lowest BCUT2D eigenvalue weighted by Crippen LogP contribution is -2.39. The molecule has 4 heteroatoms. The standard InChI is InChI=1S/C12H25N3S/c1-9(2)15(5)7-6-13-12-14-10(3)8-11(4)16-12/h9-11H,6-8H2,1-5H3,(H,13,14). The quantitative estimate of drug-likeness (QED) is 0.820. The van der Waals surface area contributed by atoms with Gasteiger partial charge in [-0.2, -0.15) is 0 Å². The van der Waals surface area contributed by atoms with Crippen LogP contribution in [0.4, 0.5) is 0 Å². The average molecular weight is 243 g/mol. The predicted octanol–water partition coefficient (Wildman–Crippen LogP) is 2.19. The van der Waals surface area contributed by atoms with Gasteiger partial charge >= 0.3 is 0 Å². The van der Waals surface area contributed by atoms with E-state index in [1.54, 1.807) is 0 Å². The molecular weight excluding hydrogens is 218 g/mol. The summed E-state index contributed by atoms with van der Waals surface area (Å²) in [5, 5.41) is 5.26. The van der Waals surface area contributed by atoms with Crippen LogP contribution in [0.15, 0.2) is 4.99 Å². The van der Waals surface area contributed by atoms with Gasteiger partial charge in [0.2, 0.25) is 0 Å². The number of aliphatic imine (C=N–C) groups is 1. The number of rotatable bonds is 4. The minimum absolute atomic E-state index is 0.567. The number of likely N-dealkylation sites (N-methyl/N-ethyl adjacent to an activating group) is 1. The van der Waals surface area contributed by atoms with E-state index in [2.05, 4.69) is 50.0 Å². The number of thioether (sulfide) groups is 1. The van der Waals surface area contributed by atoms with Crippen LogP contribution in [0.25, 0.3) is 0 Å². The summed E-state index contributed by atoms with van der Waals surface area (Å²) < 4.78 is 0. The van der Waals surface area contributed by atoms with E-state index in [0.717, 1.165) is 18.3 Å². The zero-order chi connectivity index (χ0) is 12.1. The van der Waals surface area contributed by atoms with Gasteiger partial charge in [-0.05, 0) is 34.2 Å². The smallest absolute Gasteiger partial charge is 0.157 e. The Morgan fingerprint density at radius 2 is 2.19 bits per heavy atom. The van der Waals surface area contributed by atoms with E-state index >= 15 is 0 Å². The van der Waals surface area contributed by atoms with Gasteiger partial charge in [-0.3, -0.25) is 4.99 Å². The molecule has 1 heterocycles. The van der Waals surface area contributed by atoms with Crippen LogP contribution >= 0.6 is 11.8 Å². The lowest BCUT2D eigenvalue weighted by atomic mass is 10.2. The fraction of sp³-hybridized carbons (Fsp3) is 0.917. The topological polar surface area (TPSA) is 27.6 Å². The maximum atomic E-state index is 4.63. The second-order valence-electron chi connectivity index (χ2n) is 4.97. The first-order chi connectivity index (χ1) is 7.49. The van der Waals surface area contributed by atoms with Crippen LogP contribution in [0.3, 0.4) is 0 Å². The second-order valence-corrected chi connectivity index (χ2v) is 6.40. The van der Waals surface area contributed by atoms with Crippen LogP contribution in [0.1, 0.15) is 34.1 Å². The van der Waals surface area contributed by atoms with Gasteiger partial charge in [0, 0.05) is 23.9 Å². The molecule has 1 aliphatic heterocycles. The summed E-state index contributed by atoms with van der Waals surface area (Å²) in [6.45, 7) is 10.9. The number of hydrogen-bond acceptors (Lipinski definition) is 3. The van der Waals surface area contributed by atoms with Crippen molar-refractivity contribution in [3.05, 3.63) is 0 Å². The molecule has 0 aromatic heterocycles. The summed E-state index contributed by atoms with van der Waals surface area (Å²) >= 11 is 1.87. The molecule has 0 saturated carbocycles. The highest BCUT2D eigenvalue weighted by molar-refractivity contribution is 8.14. The second kappa shape index (κ2) is 6.50. The maximum Gasteiger partial charge on any atom is 0.157 e. The van der Waals surface area contributed by atoms with E-state index in [1.165, 1.54) is 6.42 Å². The van der Waals surface area contributed by atoms with Gasteiger partial charge in [0.15, 0.2) is 5.17 Å². The molecule has 1 N–H and O–H groups in total.